The molecule has 0 aliphatic carbocycles. The van der Waals surface area contributed by atoms with Gasteiger partial charge in [0.25, 0.3) is 0 Å². The topological polar surface area (TPSA) is 530 Å². The Kier molecular flexibility index (Phi) is 23.5. The van der Waals surface area contributed by atoms with Crippen LogP contribution in [0.2, 0.25) is 0 Å². The van der Waals surface area contributed by atoms with Gasteiger partial charge in [-0.25, -0.2) is 0 Å². The van der Waals surface area contributed by atoms with E-state index in [2.05, 4.69) is 26.6 Å². The first-order valence-electron chi connectivity index (χ1n) is 25.5. The van der Waals surface area contributed by atoms with E-state index in [1.807, 2.05) is 0 Å². The molecular weight excluding hydrogens is 1090 g/mol. The number of amides is 5. The summed E-state index contributed by atoms with van der Waals surface area (Å²) in [5, 5.41) is 163. The van der Waals surface area contributed by atoms with Crippen LogP contribution in [-0.2, 0) is 76.1 Å². The molecule has 0 radical (unpaired) electrons. The Labute approximate surface area is 455 Å². The van der Waals surface area contributed by atoms with E-state index in [1.165, 1.54) is 0 Å². The van der Waals surface area contributed by atoms with Gasteiger partial charge in [0, 0.05) is 34.6 Å². The predicted molar refractivity (Wildman–Crippen MR) is 251 cm³/mol. The largest absolute Gasteiger partial charge is 0.394 e. The van der Waals surface area contributed by atoms with Crippen molar-refractivity contribution in [2.24, 2.45) is 0 Å². The van der Waals surface area contributed by atoms with Crippen LogP contribution in [0.1, 0.15) is 34.6 Å². The molecule has 35 nitrogen and oxygen atoms in total. The molecule has 35 heteroatoms. The monoisotopic (exact) mass is 1170 g/mol. The molecule has 29 atom stereocenters. The average molecular weight is 1170 g/mol. The van der Waals surface area contributed by atoms with Crippen molar-refractivity contribution in [1.29, 1.82) is 0 Å². The van der Waals surface area contributed by atoms with Gasteiger partial charge < -0.3 is 150 Å². The Morgan fingerprint density at radius 1 is 0.325 bits per heavy atom. The summed E-state index contributed by atoms with van der Waals surface area (Å²) in [6, 6.07) is -8.25. The fourth-order valence-electron chi connectivity index (χ4n) is 10.2. The summed E-state index contributed by atoms with van der Waals surface area (Å²) in [6.07, 6.45) is -42.1. The number of carbonyl (C=O) groups excluding carboxylic acids is 5. The third kappa shape index (κ3) is 15.0. The molecule has 6 rings (SSSR count). The lowest BCUT2D eigenvalue weighted by molar-refractivity contribution is -0.368. The Hall–Kier alpha value is -3.65. The molecule has 80 heavy (non-hydrogen) atoms. The summed E-state index contributed by atoms with van der Waals surface area (Å²) < 4.78 is 64.6. The van der Waals surface area contributed by atoms with Crippen LogP contribution in [0.25, 0.3) is 0 Å². The maximum Gasteiger partial charge on any atom is 0.217 e. The highest BCUT2D eigenvalue weighted by Crippen LogP contribution is 2.36. The first-order chi connectivity index (χ1) is 37.8. The zero-order valence-corrected chi connectivity index (χ0v) is 43.8. The molecular formula is C45H75N5O30. The molecule has 6 saturated heterocycles. The van der Waals surface area contributed by atoms with E-state index in [1.54, 1.807) is 0 Å². The molecule has 0 bridgehead atoms. The van der Waals surface area contributed by atoms with Gasteiger partial charge in [-0.1, -0.05) is 0 Å². The highest BCUT2D eigenvalue weighted by atomic mass is 16.8. The van der Waals surface area contributed by atoms with E-state index in [9.17, 15) is 95.5 Å². The standard InChI is InChI=1S/C45H75N5O30/c1-12(56)46-23-30(63)28(61)17(6-51)72-42(23)77-37-19(8-53)74-44(25(32(37)65)48-14(3)58)79-39-21(10-55)76-45(27(34(39)67)50-16(5)60)80-38-20(9-54)75-43(26(33(38)66)49-15(4)59)78-36-18(7-52)73-41(24(31(36)64)47-13(2)57)70-11-22-29(62)35(68)40(69)71-22/h17-45,51-55,61-69H,6-11H2,1-5H3,(H,46,56)(H,47,57)(H,48,58)(H,49,59)(H,50,60)/t17-,18-,19-,20-,21-,22-,23-,24-,25-,26-,27-,28-,29-,30-,31-,32-,33-,34-,35-,36-,37-,38-,39-,40?,41-,42+,43+,44+,45+/m1/s1. The maximum atomic E-state index is 12.8. The molecule has 19 N–H and O–H groups in total. The summed E-state index contributed by atoms with van der Waals surface area (Å²) in [5.74, 6) is -3.91. The lowest BCUT2D eigenvalue weighted by Gasteiger charge is -2.51. The minimum absolute atomic E-state index is 0.582. The van der Waals surface area contributed by atoms with Gasteiger partial charge in [-0.2, -0.15) is 0 Å². The summed E-state index contributed by atoms with van der Waals surface area (Å²) in [6.45, 7) is -0.138. The third-order valence-corrected chi connectivity index (χ3v) is 14.1. The van der Waals surface area contributed by atoms with Gasteiger partial charge in [0.15, 0.2) is 37.7 Å². The van der Waals surface area contributed by atoms with Crippen molar-refractivity contribution in [3.8, 4) is 0 Å². The Bertz CT molecular complexity index is 2060. The lowest BCUT2D eigenvalue weighted by atomic mass is 9.93. The van der Waals surface area contributed by atoms with Crippen molar-refractivity contribution in [3.63, 3.8) is 0 Å². The second kappa shape index (κ2) is 28.8. The molecule has 6 aliphatic rings. The van der Waals surface area contributed by atoms with Gasteiger partial charge in [0.1, 0.15) is 140 Å². The fourth-order valence-corrected chi connectivity index (χ4v) is 10.2. The average Bonchev–Trinajstić information content (AvgIpc) is 3.80. The molecule has 0 aromatic heterocycles. The maximum absolute atomic E-state index is 12.8. The minimum atomic E-state index is -2.04. The van der Waals surface area contributed by atoms with Crippen LogP contribution in [-0.4, -0.2) is 318 Å². The Morgan fingerprint density at radius 2 is 0.575 bits per heavy atom. The summed E-state index contributed by atoms with van der Waals surface area (Å²) in [4.78, 5) is 62.6. The number of aliphatic hydroxyl groups is 14. The first kappa shape index (κ1) is 65.5. The van der Waals surface area contributed by atoms with Crippen LogP contribution in [0.15, 0.2) is 0 Å². The zero-order chi connectivity index (χ0) is 59.2. The van der Waals surface area contributed by atoms with Crippen LogP contribution in [0.5, 0.6) is 0 Å². The number of ether oxygens (including phenoxy) is 11. The van der Waals surface area contributed by atoms with Crippen molar-refractivity contribution in [1.82, 2.24) is 26.6 Å². The third-order valence-electron chi connectivity index (χ3n) is 14.1. The molecule has 0 aromatic rings. The molecule has 6 heterocycles. The van der Waals surface area contributed by atoms with Gasteiger partial charge in [0.2, 0.25) is 29.5 Å². The highest BCUT2D eigenvalue weighted by Gasteiger charge is 2.58. The molecule has 0 saturated carbocycles. The first-order valence-corrected chi connectivity index (χ1v) is 25.5. The van der Waals surface area contributed by atoms with Crippen LogP contribution in [0.4, 0.5) is 0 Å². The van der Waals surface area contributed by atoms with Crippen molar-refractivity contribution in [3.05, 3.63) is 0 Å². The van der Waals surface area contributed by atoms with Gasteiger partial charge in [-0.15, -0.1) is 0 Å². The summed E-state index contributed by atoms with van der Waals surface area (Å²) in [5.41, 5.74) is 0. The van der Waals surface area contributed by atoms with Crippen LogP contribution >= 0.6 is 0 Å². The number of carbonyl (C=O) groups is 5. The number of hydrogen-bond acceptors (Lipinski definition) is 30. The second-order valence-electron chi connectivity index (χ2n) is 20.0. The molecule has 6 aliphatic heterocycles. The van der Waals surface area contributed by atoms with E-state index >= 15 is 0 Å². The summed E-state index contributed by atoms with van der Waals surface area (Å²) >= 11 is 0. The van der Waals surface area contributed by atoms with Crippen LogP contribution in [0, 0.1) is 0 Å². The molecule has 0 spiro atoms. The van der Waals surface area contributed by atoms with Crippen molar-refractivity contribution in [2.75, 3.05) is 39.6 Å². The van der Waals surface area contributed by atoms with E-state index in [0.29, 0.717) is 0 Å². The second-order valence-corrected chi connectivity index (χ2v) is 20.0. The van der Waals surface area contributed by atoms with E-state index in [4.69, 9.17) is 52.1 Å². The zero-order valence-electron chi connectivity index (χ0n) is 43.8. The van der Waals surface area contributed by atoms with Gasteiger partial charge in [-0.05, 0) is 0 Å². The smallest absolute Gasteiger partial charge is 0.217 e. The van der Waals surface area contributed by atoms with Gasteiger partial charge in [-0.3, -0.25) is 24.0 Å². The van der Waals surface area contributed by atoms with Crippen molar-refractivity contribution in [2.45, 2.75) is 212 Å². The van der Waals surface area contributed by atoms with Crippen LogP contribution < -0.4 is 26.6 Å². The summed E-state index contributed by atoms with van der Waals surface area (Å²) in [7, 11) is 0. The number of aliphatic hydroxyl groups excluding tert-OH is 14. The fraction of sp³-hybridized carbons (Fsp3) is 0.889. The minimum Gasteiger partial charge on any atom is -0.394 e. The van der Waals surface area contributed by atoms with Gasteiger partial charge >= 0.3 is 0 Å². The SMILES string of the molecule is CC(=O)N[C@H]1[C@H](OC[C@H]2OC(O)[C@H](O)[C@@H]2O)O[C@H](CO)[C@@H](O[C@@H]2O[C@H](CO)[C@@H](O[C@@H]3O[C@H](CO)[C@@H](O[C@@H]4O[C@H](CO)[C@@H](O[C@@H]5O[C@H](CO)[C@@H](O)[C@H](O)[C@H]5NC(C)=O)[C@H](O)[C@H]4NC(C)=O)[C@H](O)[C@H]3NC(C)=O)[C@H](O)[C@H]2NC(C)=O)[C@@H]1O. The van der Waals surface area contributed by atoms with E-state index < -0.39 is 247 Å². The lowest BCUT2D eigenvalue weighted by Crippen LogP contribution is -2.72. The van der Waals surface area contributed by atoms with Gasteiger partial charge in [0.05, 0.1) is 39.6 Å². The molecule has 5 amide bonds. The van der Waals surface area contributed by atoms with Crippen molar-refractivity contribution >= 4 is 29.5 Å². The Balaban J connectivity index is 1.21. The molecule has 0 aromatic carbocycles. The predicted octanol–water partition coefficient (Wildman–Crippen LogP) is -12.7. The number of nitrogens with one attached hydrogen (secondary N) is 5. The Morgan fingerprint density at radius 3 is 0.838 bits per heavy atom. The quantitative estimate of drug-likeness (QED) is 0.0507. The molecule has 460 valence electrons. The molecule has 1 unspecified atom stereocenters. The molecule has 6 fully saturated rings. The van der Waals surface area contributed by atoms with Crippen molar-refractivity contribution < 1.29 is 148 Å². The number of hydrogen-bond donors (Lipinski definition) is 19. The number of rotatable bonds is 21. The highest BCUT2D eigenvalue weighted by molar-refractivity contribution is 5.75. The van der Waals surface area contributed by atoms with Crippen LogP contribution in [0.3, 0.4) is 0 Å². The van der Waals surface area contributed by atoms with E-state index in [-0.39, 0.29) is 0 Å². The van der Waals surface area contributed by atoms with E-state index in [0.717, 1.165) is 34.6 Å². The normalized spacial score (nSPS) is 45.1.